The van der Waals surface area contributed by atoms with Gasteiger partial charge in [0.1, 0.15) is 0 Å². The minimum atomic E-state index is -0.244. The summed E-state index contributed by atoms with van der Waals surface area (Å²) in [7, 11) is 0. The molecular formula is C15H16N2O. The smallest absolute Gasteiger partial charge is 0.219 e. The Morgan fingerprint density at radius 2 is 2.00 bits per heavy atom. The lowest BCUT2D eigenvalue weighted by molar-refractivity contribution is -0.117. The van der Waals surface area contributed by atoms with Gasteiger partial charge in [0.25, 0.3) is 0 Å². The van der Waals surface area contributed by atoms with Crippen molar-refractivity contribution in [1.82, 2.24) is 0 Å². The third-order valence-corrected chi connectivity index (χ3v) is 3.67. The van der Waals surface area contributed by atoms with Crippen LogP contribution in [0.25, 0.3) is 0 Å². The van der Waals surface area contributed by atoms with Crippen LogP contribution in [-0.4, -0.2) is 18.5 Å². The molecule has 2 unspecified atom stereocenters. The van der Waals surface area contributed by atoms with Gasteiger partial charge in [-0.1, -0.05) is 42.5 Å². The van der Waals surface area contributed by atoms with E-state index >= 15 is 0 Å². The molecule has 0 aromatic heterocycles. The maximum absolute atomic E-state index is 11.0. The molecular weight excluding hydrogens is 224 g/mol. The van der Waals surface area contributed by atoms with E-state index < -0.39 is 0 Å². The highest BCUT2D eigenvalue weighted by Crippen LogP contribution is 2.43. The molecule has 0 saturated carbocycles. The van der Waals surface area contributed by atoms with E-state index in [0.717, 1.165) is 0 Å². The monoisotopic (exact) mass is 240 g/mol. The van der Waals surface area contributed by atoms with E-state index in [1.165, 1.54) is 11.3 Å². The minimum Gasteiger partial charge on any atom is -0.370 e. The summed E-state index contributed by atoms with van der Waals surface area (Å²) in [5.74, 6) is 0.158. The van der Waals surface area contributed by atoms with Crippen LogP contribution in [0.3, 0.4) is 0 Å². The van der Waals surface area contributed by atoms with Crippen LogP contribution in [0.15, 0.2) is 48.6 Å². The second-order valence-corrected chi connectivity index (χ2v) is 4.75. The quantitative estimate of drug-likeness (QED) is 0.878. The van der Waals surface area contributed by atoms with Gasteiger partial charge in [-0.05, 0) is 11.6 Å². The fraction of sp³-hybridized carbons (Fsp3) is 0.267. The van der Waals surface area contributed by atoms with Crippen LogP contribution in [0.1, 0.15) is 17.9 Å². The number of nitrogens with two attached hydrogens (primary N) is 1. The second-order valence-electron chi connectivity index (χ2n) is 4.75. The van der Waals surface area contributed by atoms with E-state index in [1.807, 2.05) is 6.07 Å². The van der Waals surface area contributed by atoms with Crippen molar-refractivity contribution in [2.45, 2.75) is 18.4 Å². The first kappa shape index (κ1) is 11.1. The summed E-state index contributed by atoms with van der Waals surface area (Å²) in [5, 5.41) is 0. The van der Waals surface area contributed by atoms with Gasteiger partial charge in [0.2, 0.25) is 5.91 Å². The Morgan fingerprint density at radius 3 is 2.83 bits per heavy atom. The number of nitrogens with zero attached hydrogens (tertiary/aromatic N) is 1. The Hall–Kier alpha value is -2.03. The van der Waals surface area contributed by atoms with Crippen molar-refractivity contribution in [3.05, 3.63) is 54.1 Å². The van der Waals surface area contributed by atoms with Gasteiger partial charge in [0.05, 0.1) is 6.04 Å². The number of rotatable bonds is 3. The molecule has 1 aliphatic carbocycles. The number of hydrogen-bond acceptors (Lipinski definition) is 2. The Balaban J connectivity index is 1.95. The summed E-state index contributed by atoms with van der Waals surface area (Å²) < 4.78 is 0. The van der Waals surface area contributed by atoms with E-state index in [0.29, 0.717) is 24.9 Å². The van der Waals surface area contributed by atoms with Gasteiger partial charge >= 0.3 is 0 Å². The zero-order valence-corrected chi connectivity index (χ0v) is 10.1. The van der Waals surface area contributed by atoms with Crippen molar-refractivity contribution in [3.8, 4) is 0 Å². The average Bonchev–Trinajstić information content (AvgIpc) is 2.71. The summed E-state index contributed by atoms with van der Waals surface area (Å²) >= 11 is 0. The molecule has 3 nitrogen and oxygen atoms in total. The molecule has 0 spiro atoms. The highest BCUT2D eigenvalue weighted by molar-refractivity contribution is 5.75. The number of allylic oxidation sites excluding steroid dienone is 2. The number of para-hydroxylation sites is 1. The molecule has 2 N–H and O–H groups in total. The first-order valence-electron chi connectivity index (χ1n) is 6.26. The number of amides is 1. The Labute approximate surface area is 107 Å². The number of carbonyl (C=O) groups is 1. The molecule has 1 amide bonds. The fourth-order valence-electron chi connectivity index (χ4n) is 2.87. The summed E-state index contributed by atoms with van der Waals surface area (Å²) in [6.07, 6.45) is 8.99. The highest BCUT2D eigenvalue weighted by atomic mass is 16.1. The van der Waals surface area contributed by atoms with Crippen LogP contribution in [0, 0.1) is 0 Å². The van der Waals surface area contributed by atoms with E-state index in [-0.39, 0.29) is 5.91 Å². The lowest BCUT2D eigenvalue weighted by Gasteiger charge is -2.28. The third-order valence-electron chi connectivity index (χ3n) is 3.67. The van der Waals surface area contributed by atoms with E-state index in [2.05, 4.69) is 47.4 Å². The van der Waals surface area contributed by atoms with Crippen LogP contribution in [0.4, 0.5) is 5.69 Å². The van der Waals surface area contributed by atoms with Crippen molar-refractivity contribution in [2.75, 3.05) is 11.4 Å². The fourth-order valence-corrected chi connectivity index (χ4v) is 2.87. The van der Waals surface area contributed by atoms with Crippen molar-refractivity contribution in [3.63, 3.8) is 0 Å². The Bertz CT molecular complexity index is 533. The number of anilines is 1. The number of fused-ring (bicyclic) bond motifs is 3. The summed E-state index contributed by atoms with van der Waals surface area (Å²) in [6, 6.07) is 8.73. The van der Waals surface area contributed by atoms with Crippen LogP contribution >= 0.6 is 0 Å². The zero-order chi connectivity index (χ0) is 12.5. The molecule has 1 aromatic rings. The first-order chi connectivity index (χ1) is 8.77. The molecule has 2 aliphatic rings. The molecule has 1 aromatic carbocycles. The number of primary amides is 1. The summed E-state index contributed by atoms with van der Waals surface area (Å²) in [4.78, 5) is 13.3. The molecule has 3 heteroatoms. The SMILES string of the molecule is NC(=O)CCN1c2ccccc2C2C=CC=CC21. The van der Waals surface area contributed by atoms with Gasteiger partial charge in [0, 0.05) is 24.6 Å². The van der Waals surface area contributed by atoms with Gasteiger partial charge in [-0.3, -0.25) is 4.79 Å². The number of benzene rings is 1. The molecule has 0 bridgehead atoms. The molecule has 92 valence electrons. The van der Waals surface area contributed by atoms with E-state index in [9.17, 15) is 4.79 Å². The van der Waals surface area contributed by atoms with Crippen LogP contribution in [0.2, 0.25) is 0 Å². The predicted molar refractivity (Wildman–Crippen MR) is 72.4 cm³/mol. The minimum absolute atomic E-state index is 0.244. The number of hydrogen-bond donors (Lipinski definition) is 1. The van der Waals surface area contributed by atoms with Gasteiger partial charge in [-0.25, -0.2) is 0 Å². The standard InChI is InChI=1S/C15H16N2O/c16-15(18)9-10-17-13-7-3-1-5-11(13)12-6-2-4-8-14(12)17/h1-8,11,13H,9-10H2,(H2,16,18). The predicted octanol–water partition coefficient (Wildman–Crippen LogP) is 1.96. The normalized spacial score (nSPS) is 23.9. The molecule has 0 radical (unpaired) electrons. The Kier molecular flexibility index (Phi) is 2.67. The van der Waals surface area contributed by atoms with Crippen LogP contribution in [0.5, 0.6) is 0 Å². The largest absolute Gasteiger partial charge is 0.370 e. The molecule has 1 aliphatic heterocycles. The van der Waals surface area contributed by atoms with Gasteiger partial charge in [-0.2, -0.15) is 0 Å². The second kappa shape index (κ2) is 4.33. The molecule has 2 atom stereocenters. The van der Waals surface area contributed by atoms with Crippen molar-refractivity contribution >= 4 is 11.6 Å². The zero-order valence-electron chi connectivity index (χ0n) is 10.1. The van der Waals surface area contributed by atoms with E-state index in [1.54, 1.807) is 0 Å². The first-order valence-corrected chi connectivity index (χ1v) is 6.26. The molecule has 1 heterocycles. The van der Waals surface area contributed by atoms with Gasteiger partial charge in [0.15, 0.2) is 0 Å². The van der Waals surface area contributed by atoms with Crippen molar-refractivity contribution in [2.24, 2.45) is 5.73 Å². The van der Waals surface area contributed by atoms with E-state index in [4.69, 9.17) is 5.73 Å². The maximum atomic E-state index is 11.0. The third kappa shape index (κ3) is 1.72. The average molecular weight is 240 g/mol. The molecule has 0 saturated heterocycles. The van der Waals surface area contributed by atoms with Gasteiger partial charge in [-0.15, -0.1) is 0 Å². The lowest BCUT2D eigenvalue weighted by atomic mass is 9.91. The maximum Gasteiger partial charge on any atom is 0.219 e. The highest BCUT2D eigenvalue weighted by Gasteiger charge is 2.35. The summed E-state index contributed by atoms with van der Waals surface area (Å²) in [5.41, 5.74) is 7.83. The summed E-state index contributed by atoms with van der Waals surface area (Å²) in [6.45, 7) is 0.686. The molecule has 18 heavy (non-hydrogen) atoms. The van der Waals surface area contributed by atoms with Crippen molar-refractivity contribution < 1.29 is 4.79 Å². The molecule has 0 fully saturated rings. The number of carbonyl (C=O) groups excluding carboxylic acids is 1. The van der Waals surface area contributed by atoms with Gasteiger partial charge < -0.3 is 10.6 Å². The van der Waals surface area contributed by atoms with Crippen LogP contribution in [-0.2, 0) is 4.79 Å². The molecule has 3 rings (SSSR count). The topological polar surface area (TPSA) is 46.3 Å². The van der Waals surface area contributed by atoms with Crippen molar-refractivity contribution in [1.29, 1.82) is 0 Å². The Morgan fingerprint density at radius 1 is 1.22 bits per heavy atom. The van der Waals surface area contributed by atoms with Crippen LogP contribution < -0.4 is 10.6 Å². The lowest BCUT2D eigenvalue weighted by Crippen LogP contribution is -2.35.